The molecule has 0 aliphatic carbocycles. The number of hydrogen-bond donors (Lipinski definition) is 0. The minimum Gasteiger partial charge on any atom is -0.458 e. The first-order valence-corrected chi connectivity index (χ1v) is 19.0. The number of ether oxygens (including phenoxy) is 1. The van der Waals surface area contributed by atoms with Crippen molar-refractivity contribution >= 4 is 32.8 Å². The van der Waals surface area contributed by atoms with E-state index in [1.807, 2.05) is 141 Å². The van der Waals surface area contributed by atoms with Crippen LogP contribution in [0, 0.1) is 17.7 Å². The smallest absolute Gasteiger partial charge is 0.271 e. The standard InChI is InChI=1S/C50H45N5O/c1-34(2)26-35-12-11-15-39(27-35)53-33-54(46-17-10-9-16-45(46)53)48-31-41(23-25-51-48)56-40-19-20-42-43-29-38(37-13-7-6-8-14-37)18-21-44(43)55(47(42)30-40)49-28-36(22-24-52-49)32-50(3,4)5/h6-25,27-31,34H,26,32H2,1-5H3/i26D2,32D2. The molecule has 0 saturated carbocycles. The molecule has 9 rings (SSSR count). The molecule has 6 nitrogen and oxygen atoms in total. The van der Waals surface area contributed by atoms with Crippen LogP contribution in [-0.2, 0) is 12.7 Å². The van der Waals surface area contributed by atoms with E-state index in [4.69, 9.17) is 20.2 Å². The number of rotatable bonds is 9. The Kier molecular flexibility index (Phi) is 7.84. The second-order valence-electron chi connectivity index (χ2n) is 15.5. The number of nitrogens with zero attached hydrogens (tertiary/aromatic N) is 5. The quantitative estimate of drug-likeness (QED) is 0.110. The van der Waals surface area contributed by atoms with Gasteiger partial charge in [0, 0.05) is 40.8 Å². The average molecular weight is 736 g/mol. The van der Waals surface area contributed by atoms with Crippen molar-refractivity contribution in [3.8, 4) is 39.9 Å². The zero-order chi connectivity index (χ0) is 42.0. The SMILES string of the molecule is [2H]C([2H])(c1cccc(-[n+]2[c-]n(-c3cc(Oc4ccc5c6cc(-c7ccccc7)ccc6n(-c6cc(C([2H])([2H])C(C)(C)C)ccn6)c5c4)ccn3)c3ccccc32)c1)C(C)C. The van der Waals surface area contributed by atoms with Crippen molar-refractivity contribution in [1.82, 2.24) is 19.1 Å². The van der Waals surface area contributed by atoms with E-state index in [9.17, 15) is 0 Å². The lowest BCUT2D eigenvalue weighted by Crippen LogP contribution is -2.29. The monoisotopic (exact) mass is 735 g/mol. The van der Waals surface area contributed by atoms with Gasteiger partial charge in [-0.25, -0.2) is 4.98 Å². The van der Waals surface area contributed by atoms with Gasteiger partial charge in [0.1, 0.15) is 17.3 Å². The van der Waals surface area contributed by atoms with Crippen molar-refractivity contribution in [3.63, 3.8) is 0 Å². The Hall–Kier alpha value is -6.53. The van der Waals surface area contributed by atoms with Gasteiger partial charge in [0.2, 0.25) is 0 Å². The van der Waals surface area contributed by atoms with Crippen LogP contribution in [0.15, 0.2) is 152 Å². The van der Waals surface area contributed by atoms with Gasteiger partial charge in [0.05, 0.1) is 27.8 Å². The van der Waals surface area contributed by atoms with E-state index in [1.54, 1.807) is 18.5 Å². The highest BCUT2D eigenvalue weighted by Crippen LogP contribution is 2.37. The van der Waals surface area contributed by atoms with Gasteiger partial charge in [-0.1, -0.05) is 113 Å². The van der Waals surface area contributed by atoms with Crippen molar-refractivity contribution in [2.45, 2.75) is 47.4 Å². The van der Waals surface area contributed by atoms with E-state index >= 15 is 0 Å². The highest BCUT2D eigenvalue weighted by atomic mass is 16.5. The largest absolute Gasteiger partial charge is 0.458 e. The van der Waals surface area contributed by atoms with Crippen molar-refractivity contribution < 1.29 is 14.8 Å². The Morgan fingerprint density at radius 2 is 1.45 bits per heavy atom. The lowest BCUT2D eigenvalue weighted by molar-refractivity contribution is -0.572. The van der Waals surface area contributed by atoms with Gasteiger partial charge in [-0.2, -0.15) is 0 Å². The van der Waals surface area contributed by atoms with Gasteiger partial charge in [-0.05, 0) is 95.4 Å². The average Bonchev–Trinajstić information content (AvgIpc) is 3.79. The van der Waals surface area contributed by atoms with Crippen molar-refractivity contribution in [2.24, 2.45) is 11.3 Å². The molecule has 276 valence electrons. The topological polar surface area (TPSA) is 48.8 Å². The lowest BCUT2D eigenvalue weighted by Gasteiger charge is -2.18. The van der Waals surface area contributed by atoms with Gasteiger partial charge < -0.3 is 4.74 Å². The Morgan fingerprint density at radius 3 is 2.29 bits per heavy atom. The van der Waals surface area contributed by atoms with Gasteiger partial charge in [-0.15, -0.1) is 0 Å². The molecule has 0 atom stereocenters. The Bertz CT molecular complexity index is 3050. The minimum absolute atomic E-state index is 0.194. The molecule has 56 heavy (non-hydrogen) atoms. The van der Waals surface area contributed by atoms with Crippen LogP contribution >= 0.6 is 0 Å². The fourth-order valence-electron chi connectivity index (χ4n) is 7.38. The predicted molar refractivity (Wildman–Crippen MR) is 227 cm³/mol. The zero-order valence-electron chi connectivity index (χ0n) is 36.2. The fourth-order valence-corrected chi connectivity index (χ4v) is 7.38. The van der Waals surface area contributed by atoms with Crippen molar-refractivity contribution in [2.75, 3.05) is 0 Å². The molecule has 0 spiro atoms. The second-order valence-corrected chi connectivity index (χ2v) is 15.5. The highest BCUT2D eigenvalue weighted by molar-refractivity contribution is 6.10. The van der Waals surface area contributed by atoms with Crippen LogP contribution in [0.3, 0.4) is 0 Å². The molecule has 4 heterocycles. The van der Waals surface area contributed by atoms with Crippen LogP contribution in [0.25, 0.3) is 61.3 Å². The summed E-state index contributed by atoms with van der Waals surface area (Å²) in [4.78, 5) is 9.55. The van der Waals surface area contributed by atoms with Crippen LogP contribution in [0.5, 0.6) is 11.5 Å². The van der Waals surface area contributed by atoms with Crippen molar-refractivity contribution in [3.05, 3.63) is 169 Å². The predicted octanol–water partition coefficient (Wildman–Crippen LogP) is 11.8. The van der Waals surface area contributed by atoms with Gasteiger partial charge in [0.15, 0.2) is 5.82 Å². The fraction of sp³-hybridized carbons (Fsp3) is 0.180. The summed E-state index contributed by atoms with van der Waals surface area (Å²) in [5.41, 5.74) is 7.15. The first kappa shape index (κ1) is 30.8. The zero-order valence-corrected chi connectivity index (χ0v) is 32.2. The molecule has 0 unspecified atom stereocenters. The molecule has 6 heteroatoms. The maximum Gasteiger partial charge on any atom is 0.271 e. The molecule has 4 aromatic heterocycles. The van der Waals surface area contributed by atoms with E-state index in [0.29, 0.717) is 34.3 Å². The summed E-state index contributed by atoms with van der Waals surface area (Å²) >= 11 is 0. The van der Waals surface area contributed by atoms with E-state index in [-0.39, 0.29) is 5.92 Å². The number of aromatic nitrogens is 5. The number of para-hydroxylation sites is 2. The molecular weight excluding hydrogens is 687 g/mol. The van der Waals surface area contributed by atoms with Crippen LogP contribution < -0.4 is 9.30 Å². The van der Waals surface area contributed by atoms with Crippen LogP contribution in [0.1, 0.15) is 51.2 Å². The summed E-state index contributed by atoms with van der Waals surface area (Å²) in [5, 5.41) is 2.06. The second kappa shape index (κ2) is 14.3. The number of pyridine rings is 2. The third kappa shape index (κ3) is 6.95. The van der Waals surface area contributed by atoms with E-state index in [0.717, 1.165) is 49.7 Å². The minimum atomic E-state index is -1.60. The molecule has 9 aromatic rings. The highest BCUT2D eigenvalue weighted by Gasteiger charge is 2.19. The number of hydrogen-bond acceptors (Lipinski definition) is 3. The molecular formula is C50H45N5O. The summed E-state index contributed by atoms with van der Waals surface area (Å²) in [6, 6.07) is 45.7. The summed E-state index contributed by atoms with van der Waals surface area (Å²) in [7, 11) is 0. The number of imidazole rings is 1. The Labute approximate surface area is 333 Å². The normalized spacial score (nSPS) is 13.5. The molecule has 0 saturated heterocycles. The Morgan fingerprint density at radius 1 is 0.661 bits per heavy atom. The molecule has 0 aliphatic rings. The van der Waals surface area contributed by atoms with Crippen LogP contribution in [0.4, 0.5) is 0 Å². The molecule has 0 bridgehead atoms. The summed E-state index contributed by atoms with van der Waals surface area (Å²) in [6.45, 7) is 9.52. The molecule has 5 aromatic carbocycles. The van der Waals surface area contributed by atoms with Gasteiger partial charge >= 0.3 is 0 Å². The molecule has 0 radical (unpaired) electrons. The number of fused-ring (bicyclic) bond motifs is 4. The van der Waals surface area contributed by atoms with E-state index < -0.39 is 18.2 Å². The van der Waals surface area contributed by atoms with Crippen LogP contribution in [-0.4, -0.2) is 19.1 Å². The molecule has 0 aliphatic heterocycles. The van der Waals surface area contributed by atoms with Crippen molar-refractivity contribution in [1.29, 1.82) is 0 Å². The summed E-state index contributed by atoms with van der Waals surface area (Å²) in [5.74, 6) is 2.22. The first-order valence-electron chi connectivity index (χ1n) is 21.0. The first-order chi connectivity index (χ1) is 28.7. The number of benzene rings is 5. The molecule has 0 fully saturated rings. The van der Waals surface area contributed by atoms with E-state index in [1.165, 1.54) is 0 Å². The van der Waals surface area contributed by atoms with Crippen LogP contribution in [0.2, 0.25) is 0 Å². The van der Waals surface area contributed by atoms with Gasteiger partial charge in [-0.3, -0.25) is 18.7 Å². The lowest BCUT2D eigenvalue weighted by atomic mass is 9.88. The Balaban J connectivity index is 1.13. The maximum absolute atomic E-state index is 9.05. The summed E-state index contributed by atoms with van der Waals surface area (Å²) < 4.78 is 48.1. The third-order valence-corrected chi connectivity index (χ3v) is 9.64. The summed E-state index contributed by atoms with van der Waals surface area (Å²) in [6.07, 6.45) is 3.79. The van der Waals surface area contributed by atoms with E-state index in [2.05, 4.69) is 47.3 Å². The third-order valence-electron chi connectivity index (χ3n) is 9.64. The van der Waals surface area contributed by atoms with Gasteiger partial charge in [0.25, 0.3) is 6.33 Å². The molecule has 0 amide bonds. The maximum atomic E-state index is 9.05. The molecule has 0 N–H and O–H groups in total.